The van der Waals surface area contributed by atoms with Gasteiger partial charge in [-0.3, -0.25) is 0 Å². The van der Waals surface area contributed by atoms with Gasteiger partial charge in [0.15, 0.2) is 0 Å². The molecule has 88 valence electrons. The first-order chi connectivity index (χ1) is 7.84. The highest BCUT2D eigenvalue weighted by atomic mass is 14.9. The topological polar surface area (TPSA) is 38.0 Å². The van der Waals surface area contributed by atoms with Crippen molar-refractivity contribution >= 4 is 11.4 Å². The SMILES string of the molecule is Nc1cccc(NCCC2CCCCC2)c1. The summed E-state index contributed by atoms with van der Waals surface area (Å²) in [6.07, 6.45) is 8.47. The maximum absolute atomic E-state index is 5.73. The van der Waals surface area contributed by atoms with Gasteiger partial charge in [-0.2, -0.15) is 0 Å². The molecule has 0 unspecified atom stereocenters. The molecule has 0 radical (unpaired) electrons. The third-order valence-electron chi connectivity index (χ3n) is 3.49. The minimum absolute atomic E-state index is 0.836. The van der Waals surface area contributed by atoms with Gasteiger partial charge in [-0.15, -0.1) is 0 Å². The molecule has 2 nitrogen and oxygen atoms in total. The zero-order valence-corrected chi connectivity index (χ0v) is 9.91. The van der Waals surface area contributed by atoms with E-state index in [4.69, 9.17) is 5.73 Å². The number of anilines is 2. The Labute approximate surface area is 98.2 Å². The van der Waals surface area contributed by atoms with E-state index in [1.807, 2.05) is 18.2 Å². The minimum atomic E-state index is 0.836. The van der Waals surface area contributed by atoms with Crippen molar-refractivity contribution in [2.45, 2.75) is 38.5 Å². The van der Waals surface area contributed by atoms with E-state index in [0.29, 0.717) is 0 Å². The summed E-state index contributed by atoms with van der Waals surface area (Å²) < 4.78 is 0. The third kappa shape index (κ3) is 3.44. The van der Waals surface area contributed by atoms with Crippen LogP contribution in [0.3, 0.4) is 0 Å². The second kappa shape index (κ2) is 5.78. The Morgan fingerprint density at radius 1 is 1.19 bits per heavy atom. The molecule has 0 atom stereocenters. The molecule has 1 saturated carbocycles. The lowest BCUT2D eigenvalue weighted by molar-refractivity contribution is 0.345. The van der Waals surface area contributed by atoms with E-state index >= 15 is 0 Å². The molecular weight excluding hydrogens is 196 g/mol. The fourth-order valence-electron chi connectivity index (χ4n) is 2.55. The van der Waals surface area contributed by atoms with Gasteiger partial charge in [0, 0.05) is 17.9 Å². The summed E-state index contributed by atoms with van der Waals surface area (Å²) in [4.78, 5) is 0. The first kappa shape index (κ1) is 11.3. The normalized spacial score (nSPS) is 17.2. The lowest BCUT2D eigenvalue weighted by Gasteiger charge is -2.21. The lowest BCUT2D eigenvalue weighted by Crippen LogP contribution is -2.12. The number of hydrogen-bond acceptors (Lipinski definition) is 2. The zero-order valence-electron chi connectivity index (χ0n) is 9.91. The average molecular weight is 218 g/mol. The van der Waals surface area contributed by atoms with Gasteiger partial charge in [-0.25, -0.2) is 0 Å². The van der Waals surface area contributed by atoms with Crippen molar-refractivity contribution in [1.82, 2.24) is 0 Å². The van der Waals surface area contributed by atoms with Gasteiger partial charge in [0.05, 0.1) is 0 Å². The summed E-state index contributed by atoms with van der Waals surface area (Å²) in [5, 5.41) is 3.45. The average Bonchev–Trinajstić information content (AvgIpc) is 2.30. The van der Waals surface area contributed by atoms with Crippen LogP contribution in [0.15, 0.2) is 24.3 Å². The number of benzene rings is 1. The van der Waals surface area contributed by atoms with Crippen LogP contribution in [0.5, 0.6) is 0 Å². The quantitative estimate of drug-likeness (QED) is 0.757. The summed E-state index contributed by atoms with van der Waals surface area (Å²) in [6, 6.07) is 8.00. The fraction of sp³-hybridized carbons (Fsp3) is 0.571. The Balaban J connectivity index is 1.71. The molecule has 0 aliphatic heterocycles. The number of nitrogens with one attached hydrogen (secondary N) is 1. The van der Waals surface area contributed by atoms with E-state index in [1.54, 1.807) is 0 Å². The molecule has 1 aromatic carbocycles. The predicted octanol–water partition coefficient (Wildman–Crippen LogP) is 3.65. The molecular formula is C14H22N2. The highest BCUT2D eigenvalue weighted by Crippen LogP contribution is 2.26. The van der Waals surface area contributed by atoms with Gasteiger partial charge in [-0.05, 0) is 30.5 Å². The van der Waals surface area contributed by atoms with Crippen molar-refractivity contribution in [3.8, 4) is 0 Å². The van der Waals surface area contributed by atoms with Gasteiger partial charge in [0.25, 0.3) is 0 Å². The fourth-order valence-corrected chi connectivity index (χ4v) is 2.55. The van der Waals surface area contributed by atoms with Gasteiger partial charge in [0.1, 0.15) is 0 Å². The summed E-state index contributed by atoms with van der Waals surface area (Å²) in [5.41, 5.74) is 7.72. The van der Waals surface area contributed by atoms with Crippen molar-refractivity contribution in [1.29, 1.82) is 0 Å². The largest absolute Gasteiger partial charge is 0.399 e. The second-order valence-corrected chi connectivity index (χ2v) is 4.84. The van der Waals surface area contributed by atoms with Crippen molar-refractivity contribution in [2.24, 2.45) is 5.92 Å². The summed E-state index contributed by atoms with van der Waals surface area (Å²) >= 11 is 0. The summed E-state index contributed by atoms with van der Waals surface area (Å²) in [5.74, 6) is 0.947. The molecule has 2 heteroatoms. The number of nitrogen functional groups attached to an aromatic ring is 1. The van der Waals surface area contributed by atoms with Crippen molar-refractivity contribution in [3.63, 3.8) is 0 Å². The van der Waals surface area contributed by atoms with Crippen molar-refractivity contribution in [2.75, 3.05) is 17.6 Å². The Morgan fingerprint density at radius 2 is 2.00 bits per heavy atom. The van der Waals surface area contributed by atoms with Crippen LogP contribution in [0.1, 0.15) is 38.5 Å². The van der Waals surface area contributed by atoms with E-state index in [1.165, 1.54) is 38.5 Å². The maximum atomic E-state index is 5.73. The van der Waals surface area contributed by atoms with Crippen LogP contribution >= 0.6 is 0 Å². The molecule has 1 aromatic rings. The molecule has 0 bridgehead atoms. The van der Waals surface area contributed by atoms with Gasteiger partial charge in [0.2, 0.25) is 0 Å². The smallest absolute Gasteiger partial charge is 0.0360 e. The Morgan fingerprint density at radius 3 is 2.75 bits per heavy atom. The molecule has 3 N–H and O–H groups in total. The Kier molecular flexibility index (Phi) is 4.09. The van der Waals surface area contributed by atoms with Crippen LogP contribution in [0.25, 0.3) is 0 Å². The van der Waals surface area contributed by atoms with E-state index in [-0.39, 0.29) is 0 Å². The summed E-state index contributed by atoms with van der Waals surface area (Å²) in [7, 11) is 0. The van der Waals surface area contributed by atoms with Crippen LogP contribution in [0.4, 0.5) is 11.4 Å². The molecule has 0 aromatic heterocycles. The monoisotopic (exact) mass is 218 g/mol. The number of hydrogen-bond donors (Lipinski definition) is 2. The molecule has 0 heterocycles. The highest BCUT2D eigenvalue weighted by Gasteiger charge is 2.12. The first-order valence-electron chi connectivity index (χ1n) is 6.44. The molecule has 1 aliphatic rings. The first-order valence-corrected chi connectivity index (χ1v) is 6.44. The van der Waals surface area contributed by atoms with E-state index in [0.717, 1.165) is 23.8 Å². The molecule has 0 spiro atoms. The van der Waals surface area contributed by atoms with E-state index in [9.17, 15) is 0 Å². The molecule has 16 heavy (non-hydrogen) atoms. The lowest BCUT2D eigenvalue weighted by atomic mass is 9.87. The van der Waals surface area contributed by atoms with Gasteiger partial charge < -0.3 is 11.1 Å². The molecule has 1 fully saturated rings. The highest BCUT2D eigenvalue weighted by molar-refractivity contribution is 5.53. The minimum Gasteiger partial charge on any atom is -0.399 e. The standard InChI is InChI=1S/C14H22N2/c15-13-7-4-8-14(11-13)16-10-9-12-5-2-1-3-6-12/h4,7-8,11-12,16H,1-3,5-6,9-10,15H2. The predicted molar refractivity (Wildman–Crippen MR) is 70.5 cm³/mol. The van der Waals surface area contributed by atoms with Crippen LogP contribution in [0.2, 0.25) is 0 Å². The Bertz CT molecular complexity index is 316. The van der Waals surface area contributed by atoms with Crippen LogP contribution in [0, 0.1) is 5.92 Å². The van der Waals surface area contributed by atoms with E-state index in [2.05, 4.69) is 11.4 Å². The zero-order chi connectivity index (χ0) is 11.2. The molecule has 2 rings (SSSR count). The number of rotatable bonds is 4. The second-order valence-electron chi connectivity index (χ2n) is 4.84. The summed E-state index contributed by atoms with van der Waals surface area (Å²) in [6.45, 7) is 1.08. The van der Waals surface area contributed by atoms with Crippen molar-refractivity contribution in [3.05, 3.63) is 24.3 Å². The van der Waals surface area contributed by atoms with Crippen LogP contribution in [-0.2, 0) is 0 Å². The van der Waals surface area contributed by atoms with Crippen LogP contribution < -0.4 is 11.1 Å². The van der Waals surface area contributed by atoms with Gasteiger partial charge in [-0.1, -0.05) is 38.2 Å². The van der Waals surface area contributed by atoms with E-state index < -0.39 is 0 Å². The molecule has 0 amide bonds. The molecule has 1 aliphatic carbocycles. The number of nitrogens with two attached hydrogens (primary N) is 1. The van der Waals surface area contributed by atoms with Crippen LogP contribution in [-0.4, -0.2) is 6.54 Å². The molecule has 0 saturated heterocycles. The Hall–Kier alpha value is -1.18. The maximum Gasteiger partial charge on any atom is 0.0360 e. The van der Waals surface area contributed by atoms with Gasteiger partial charge >= 0.3 is 0 Å². The van der Waals surface area contributed by atoms with Crippen molar-refractivity contribution < 1.29 is 0 Å². The third-order valence-corrected chi connectivity index (χ3v) is 3.49.